The number of hydrogen-bond donors (Lipinski definition) is 3. The number of amides is 1. The lowest BCUT2D eigenvalue weighted by molar-refractivity contribution is -0.127. The van der Waals surface area contributed by atoms with E-state index in [0.29, 0.717) is 19.0 Å². The summed E-state index contributed by atoms with van der Waals surface area (Å²) in [7, 11) is 0. The highest BCUT2D eigenvalue weighted by Gasteiger charge is 2.34. The fourth-order valence-electron chi connectivity index (χ4n) is 3.43. The van der Waals surface area contributed by atoms with Gasteiger partial charge in [0.25, 0.3) is 0 Å². The summed E-state index contributed by atoms with van der Waals surface area (Å²) in [4.78, 5) is 12.1. The Balaban J connectivity index is 1.80. The molecule has 2 fully saturated rings. The van der Waals surface area contributed by atoms with E-state index in [1.807, 2.05) is 0 Å². The summed E-state index contributed by atoms with van der Waals surface area (Å²) < 4.78 is 0. The molecular formula is C14H26N2O2. The van der Waals surface area contributed by atoms with Crippen molar-refractivity contribution in [2.24, 2.45) is 17.6 Å². The molecule has 2 saturated carbocycles. The molecule has 0 bridgehead atoms. The monoisotopic (exact) mass is 254 g/mol. The van der Waals surface area contributed by atoms with Crippen LogP contribution < -0.4 is 11.1 Å². The molecule has 0 heterocycles. The maximum Gasteiger partial charge on any atom is 0.223 e. The molecule has 2 rings (SSSR count). The van der Waals surface area contributed by atoms with Crippen LogP contribution in [0.25, 0.3) is 0 Å². The zero-order valence-electron chi connectivity index (χ0n) is 11.2. The molecule has 4 N–H and O–H groups in total. The van der Waals surface area contributed by atoms with Gasteiger partial charge in [-0.3, -0.25) is 4.79 Å². The van der Waals surface area contributed by atoms with Crippen molar-refractivity contribution in [2.75, 3.05) is 13.1 Å². The average Bonchev–Trinajstić information content (AvgIpc) is 2.85. The maximum atomic E-state index is 12.1. The van der Waals surface area contributed by atoms with Gasteiger partial charge >= 0.3 is 0 Å². The minimum Gasteiger partial charge on any atom is -0.388 e. The van der Waals surface area contributed by atoms with Gasteiger partial charge in [0.15, 0.2) is 0 Å². The van der Waals surface area contributed by atoms with Crippen LogP contribution in [0.5, 0.6) is 0 Å². The minimum absolute atomic E-state index is 0.0715. The first-order chi connectivity index (χ1) is 8.64. The van der Waals surface area contributed by atoms with E-state index >= 15 is 0 Å². The summed E-state index contributed by atoms with van der Waals surface area (Å²) in [5.41, 5.74) is 5.04. The highest BCUT2D eigenvalue weighted by molar-refractivity contribution is 5.79. The Kier molecular flexibility index (Phi) is 4.62. The molecule has 0 radical (unpaired) electrons. The number of rotatable bonds is 4. The van der Waals surface area contributed by atoms with Gasteiger partial charge in [-0.2, -0.15) is 0 Å². The maximum absolute atomic E-state index is 12.1. The van der Waals surface area contributed by atoms with Crippen LogP contribution in [0.4, 0.5) is 0 Å². The Labute approximate surface area is 109 Å². The van der Waals surface area contributed by atoms with Gasteiger partial charge in [0.05, 0.1) is 5.60 Å². The van der Waals surface area contributed by atoms with Crippen LogP contribution in [0.15, 0.2) is 0 Å². The topological polar surface area (TPSA) is 75.4 Å². The summed E-state index contributed by atoms with van der Waals surface area (Å²) in [6, 6.07) is 0. The Morgan fingerprint density at radius 2 is 1.94 bits per heavy atom. The van der Waals surface area contributed by atoms with E-state index in [1.165, 1.54) is 6.42 Å². The lowest BCUT2D eigenvalue weighted by Gasteiger charge is -2.32. The largest absolute Gasteiger partial charge is 0.388 e. The number of hydrogen-bond acceptors (Lipinski definition) is 3. The highest BCUT2D eigenvalue weighted by atomic mass is 16.3. The summed E-state index contributed by atoms with van der Waals surface area (Å²) in [5.74, 6) is 0.509. The van der Waals surface area contributed by atoms with E-state index < -0.39 is 5.60 Å². The molecule has 2 aliphatic rings. The van der Waals surface area contributed by atoms with Crippen molar-refractivity contribution in [3.63, 3.8) is 0 Å². The van der Waals surface area contributed by atoms with Gasteiger partial charge in [0, 0.05) is 12.5 Å². The van der Waals surface area contributed by atoms with Gasteiger partial charge in [-0.15, -0.1) is 0 Å². The molecule has 0 spiro atoms. The predicted molar refractivity (Wildman–Crippen MR) is 70.9 cm³/mol. The van der Waals surface area contributed by atoms with Crippen LogP contribution >= 0.6 is 0 Å². The number of nitrogens with one attached hydrogen (secondary N) is 1. The first kappa shape index (κ1) is 13.8. The van der Waals surface area contributed by atoms with E-state index in [2.05, 4.69) is 5.32 Å². The zero-order chi connectivity index (χ0) is 13.0. The second-order valence-corrected chi connectivity index (χ2v) is 6.04. The number of carbonyl (C=O) groups is 1. The van der Waals surface area contributed by atoms with Crippen molar-refractivity contribution in [3.05, 3.63) is 0 Å². The molecule has 2 atom stereocenters. The van der Waals surface area contributed by atoms with Crippen molar-refractivity contribution in [1.82, 2.24) is 5.32 Å². The van der Waals surface area contributed by atoms with Gasteiger partial charge in [-0.05, 0) is 38.1 Å². The van der Waals surface area contributed by atoms with E-state index in [9.17, 15) is 9.90 Å². The molecule has 4 heteroatoms. The van der Waals surface area contributed by atoms with Crippen LogP contribution in [0.1, 0.15) is 51.4 Å². The molecule has 0 aliphatic heterocycles. The van der Waals surface area contributed by atoms with E-state index in [4.69, 9.17) is 5.73 Å². The highest BCUT2D eigenvalue weighted by Crippen LogP contribution is 2.31. The smallest absolute Gasteiger partial charge is 0.223 e. The van der Waals surface area contributed by atoms with Crippen LogP contribution in [0.2, 0.25) is 0 Å². The number of aliphatic hydroxyl groups is 1. The lowest BCUT2D eigenvalue weighted by Crippen LogP contribution is -2.46. The third-order valence-corrected chi connectivity index (χ3v) is 4.67. The number of nitrogens with two attached hydrogens (primary N) is 1. The van der Waals surface area contributed by atoms with E-state index in [0.717, 1.165) is 44.9 Å². The van der Waals surface area contributed by atoms with Crippen molar-refractivity contribution < 1.29 is 9.90 Å². The minimum atomic E-state index is -0.662. The third kappa shape index (κ3) is 3.23. The Morgan fingerprint density at radius 1 is 1.22 bits per heavy atom. The normalized spacial score (nSPS) is 31.2. The average molecular weight is 254 g/mol. The van der Waals surface area contributed by atoms with Crippen LogP contribution in [-0.2, 0) is 4.79 Å². The standard InChI is InChI=1S/C14H26N2O2/c15-9-11-5-4-6-12(11)13(17)16-10-14(18)7-2-1-3-8-14/h11-12,18H,1-10,15H2,(H,16,17). The van der Waals surface area contributed by atoms with Gasteiger partial charge in [0.1, 0.15) is 0 Å². The summed E-state index contributed by atoms with van der Waals surface area (Å²) in [6.45, 7) is 1.02. The van der Waals surface area contributed by atoms with Crippen molar-refractivity contribution >= 4 is 5.91 Å². The zero-order valence-corrected chi connectivity index (χ0v) is 11.2. The predicted octanol–water partition coefficient (Wildman–Crippen LogP) is 1.17. The van der Waals surface area contributed by atoms with Crippen molar-refractivity contribution in [3.8, 4) is 0 Å². The molecule has 104 valence electrons. The fourth-order valence-corrected chi connectivity index (χ4v) is 3.43. The van der Waals surface area contributed by atoms with Crippen molar-refractivity contribution in [2.45, 2.75) is 57.0 Å². The van der Waals surface area contributed by atoms with Crippen LogP contribution in [-0.4, -0.2) is 29.7 Å². The second-order valence-electron chi connectivity index (χ2n) is 6.04. The van der Waals surface area contributed by atoms with Gasteiger partial charge in [-0.1, -0.05) is 25.7 Å². The molecule has 0 aromatic rings. The molecule has 2 aliphatic carbocycles. The van der Waals surface area contributed by atoms with E-state index in [-0.39, 0.29) is 11.8 Å². The molecule has 0 saturated heterocycles. The lowest BCUT2D eigenvalue weighted by atomic mass is 9.84. The van der Waals surface area contributed by atoms with Crippen molar-refractivity contribution in [1.29, 1.82) is 0 Å². The summed E-state index contributed by atoms with van der Waals surface area (Å²) >= 11 is 0. The van der Waals surface area contributed by atoms with Crippen LogP contribution in [0, 0.1) is 11.8 Å². The van der Waals surface area contributed by atoms with Gasteiger partial charge < -0.3 is 16.2 Å². The second kappa shape index (κ2) is 6.02. The third-order valence-electron chi connectivity index (χ3n) is 4.67. The van der Waals surface area contributed by atoms with Gasteiger partial charge in [-0.25, -0.2) is 0 Å². The molecule has 2 unspecified atom stereocenters. The first-order valence-electron chi connectivity index (χ1n) is 7.35. The first-order valence-corrected chi connectivity index (χ1v) is 7.35. The Morgan fingerprint density at radius 3 is 2.61 bits per heavy atom. The quantitative estimate of drug-likeness (QED) is 0.705. The fraction of sp³-hybridized carbons (Fsp3) is 0.929. The molecule has 18 heavy (non-hydrogen) atoms. The van der Waals surface area contributed by atoms with Gasteiger partial charge in [0.2, 0.25) is 5.91 Å². The molecule has 0 aromatic heterocycles. The van der Waals surface area contributed by atoms with Crippen LogP contribution in [0.3, 0.4) is 0 Å². The summed E-state index contributed by atoms with van der Waals surface area (Å²) in [5, 5.41) is 13.3. The summed E-state index contributed by atoms with van der Waals surface area (Å²) in [6.07, 6.45) is 8.10. The molecular weight excluding hydrogens is 228 g/mol. The van der Waals surface area contributed by atoms with E-state index in [1.54, 1.807) is 0 Å². The molecule has 0 aromatic carbocycles. The molecule has 4 nitrogen and oxygen atoms in total. The SMILES string of the molecule is NCC1CCCC1C(=O)NCC1(O)CCCCC1. The molecule has 1 amide bonds. The Hall–Kier alpha value is -0.610. The number of carbonyl (C=O) groups excluding carboxylic acids is 1. The Bertz CT molecular complexity index is 288.